The Balaban J connectivity index is 1.49. The number of fused-ring (bicyclic) bond motifs is 1. The van der Waals surface area contributed by atoms with Crippen molar-refractivity contribution in [2.24, 2.45) is 0 Å². The fourth-order valence-corrected chi connectivity index (χ4v) is 5.57. The molecule has 0 fully saturated rings. The van der Waals surface area contributed by atoms with Crippen molar-refractivity contribution < 1.29 is 14.3 Å². The Bertz CT molecular complexity index is 1480. The molecule has 7 heteroatoms. The number of benzene rings is 2. The van der Waals surface area contributed by atoms with Gasteiger partial charge in [0.1, 0.15) is 5.01 Å². The largest absolute Gasteiger partial charge is 0.493 e. The van der Waals surface area contributed by atoms with Crippen LogP contribution in [0.2, 0.25) is 0 Å². The molecule has 4 aromatic rings. The van der Waals surface area contributed by atoms with Crippen LogP contribution in [0.1, 0.15) is 44.4 Å². The highest BCUT2D eigenvalue weighted by Crippen LogP contribution is 2.38. The highest BCUT2D eigenvalue weighted by Gasteiger charge is 2.29. The molecule has 2 aromatic heterocycles. The molecule has 5 rings (SSSR count). The van der Waals surface area contributed by atoms with E-state index in [9.17, 15) is 9.59 Å². The van der Waals surface area contributed by atoms with E-state index in [0.717, 1.165) is 21.7 Å². The Hall–Kier alpha value is -3.71. The average Bonchev–Trinajstić information content (AvgIpc) is 3.24. The molecule has 6 nitrogen and oxygen atoms in total. The molecule has 2 heterocycles. The van der Waals surface area contributed by atoms with E-state index in [4.69, 9.17) is 14.5 Å². The number of nitrogens with zero attached hydrogens (tertiary/aromatic N) is 1. The van der Waals surface area contributed by atoms with Crippen LogP contribution >= 0.6 is 11.3 Å². The Labute approximate surface area is 207 Å². The molecule has 0 amide bonds. The molecular formula is C28H26N2O4S. The second kappa shape index (κ2) is 9.15. The third-order valence-corrected chi connectivity index (χ3v) is 7.54. The van der Waals surface area contributed by atoms with E-state index < -0.39 is 0 Å². The minimum Gasteiger partial charge on any atom is -0.493 e. The van der Waals surface area contributed by atoms with Crippen molar-refractivity contribution in [1.82, 2.24) is 9.97 Å². The predicted octanol–water partition coefficient (Wildman–Crippen LogP) is 5.71. The fourth-order valence-electron chi connectivity index (χ4n) is 4.62. The SMILES string of the molecule is COc1ccc(C2CC(=O)c3cc(-c4nc(-c5ccc(C)cc5)c(C)s4)c(=O)[nH]c3C2)cc1OC. The van der Waals surface area contributed by atoms with Crippen LogP contribution in [-0.2, 0) is 6.42 Å². The van der Waals surface area contributed by atoms with Gasteiger partial charge in [-0.15, -0.1) is 11.3 Å². The summed E-state index contributed by atoms with van der Waals surface area (Å²) in [6.07, 6.45) is 0.928. The monoisotopic (exact) mass is 486 g/mol. The summed E-state index contributed by atoms with van der Waals surface area (Å²) < 4.78 is 10.7. The fraction of sp³-hybridized carbons (Fsp3) is 0.250. The van der Waals surface area contributed by atoms with Crippen molar-refractivity contribution in [2.75, 3.05) is 14.2 Å². The Morgan fingerprint density at radius 2 is 1.66 bits per heavy atom. The van der Waals surface area contributed by atoms with Gasteiger partial charge in [-0.2, -0.15) is 0 Å². The molecule has 0 radical (unpaired) electrons. The van der Waals surface area contributed by atoms with Crippen molar-refractivity contribution in [3.05, 3.63) is 86.1 Å². The van der Waals surface area contributed by atoms with Gasteiger partial charge in [-0.25, -0.2) is 4.98 Å². The van der Waals surface area contributed by atoms with E-state index in [0.29, 0.717) is 46.2 Å². The molecule has 0 saturated carbocycles. The molecule has 2 aromatic carbocycles. The number of carbonyl (C=O) groups is 1. The summed E-state index contributed by atoms with van der Waals surface area (Å²) in [5, 5.41) is 0.622. The van der Waals surface area contributed by atoms with Crippen LogP contribution in [0.5, 0.6) is 11.5 Å². The lowest BCUT2D eigenvalue weighted by atomic mass is 9.81. The molecule has 1 aliphatic carbocycles. The van der Waals surface area contributed by atoms with Gasteiger partial charge in [0.25, 0.3) is 5.56 Å². The molecule has 1 N–H and O–H groups in total. The minimum absolute atomic E-state index is 0.00979. The topological polar surface area (TPSA) is 81.3 Å². The molecule has 0 aliphatic heterocycles. The van der Waals surface area contributed by atoms with Crippen molar-refractivity contribution in [1.29, 1.82) is 0 Å². The number of aromatic amines is 1. The van der Waals surface area contributed by atoms with E-state index >= 15 is 0 Å². The van der Waals surface area contributed by atoms with Gasteiger partial charge in [0.15, 0.2) is 17.3 Å². The van der Waals surface area contributed by atoms with Crippen LogP contribution < -0.4 is 15.0 Å². The molecule has 0 spiro atoms. The van der Waals surface area contributed by atoms with Crippen LogP contribution in [0, 0.1) is 13.8 Å². The number of thiazole rings is 1. The first-order chi connectivity index (χ1) is 16.9. The van der Waals surface area contributed by atoms with E-state index in [1.54, 1.807) is 20.3 Å². The Kier molecular flexibility index (Phi) is 6.03. The third-order valence-electron chi connectivity index (χ3n) is 6.54. The van der Waals surface area contributed by atoms with Crippen LogP contribution in [0.25, 0.3) is 21.8 Å². The number of carbonyl (C=O) groups excluding carboxylic acids is 1. The van der Waals surface area contributed by atoms with E-state index in [1.165, 1.54) is 16.9 Å². The minimum atomic E-state index is -0.228. The number of methoxy groups -OCH3 is 2. The lowest BCUT2D eigenvalue weighted by Gasteiger charge is -2.24. The lowest BCUT2D eigenvalue weighted by Crippen LogP contribution is -2.24. The number of nitrogens with one attached hydrogen (secondary N) is 1. The predicted molar refractivity (Wildman–Crippen MR) is 138 cm³/mol. The maximum Gasteiger partial charge on any atom is 0.258 e. The maximum atomic E-state index is 13.2. The summed E-state index contributed by atoms with van der Waals surface area (Å²) in [7, 11) is 3.18. The summed E-state index contributed by atoms with van der Waals surface area (Å²) in [6, 6.07) is 15.6. The second-order valence-corrected chi connectivity index (χ2v) is 10.0. The van der Waals surface area contributed by atoms with Crippen LogP contribution in [-0.4, -0.2) is 30.0 Å². The maximum absolute atomic E-state index is 13.2. The number of ketones is 1. The van der Waals surface area contributed by atoms with Gasteiger partial charge in [-0.1, -0.05) is 35.9 Å². The van der Waals surface area contributed by atoms with E-state index in [-0.39, 0.29) is 17.3 Å². The first-order valence-corrected chi connectivity index (χ1v) is 12.3. The number of aryl methyl sites for hydroxylation is 2. The molecule has 178 valence electrons. The highest BCUT2D eigenvalue weighted by molar-refractivity contribution is 7.15. The molecule has 1 atom stereocenters. The van der Waals surface area contributed by atoms with E-state index in [1.807, 2.05) is 56.3 Å². The summed E-state index contributed by atoms with van der Waals surface area (Å²) >= 11 is 1.47. The van der Waals surface area contributed by atoms with Gasteiger partial charge < -0.3 is 14.5 Å². The summed E-state index contributed by atoms with van der Waals surface area (Å²) in [4.78, 5) is 35.1. The molecular weight excluding hydrogens is 460 g/mol. The van der Waals surface area contributed by atoms with Gasteiger partial charge >= 0.3 is 0 Å². The lowest BCUT2D eigenvalue weighted by molar-refractivity contribution is 0.0963. The number of aromatic nitrogens is 2. The highest BCUT2D eigenvalue weighted by atomic mass is 32.1. The standard InChI is InChI=1S/C28H26N2O4S/c1-15-5-7-17(8-6-15)26-16(2)35-28(30-26)21-14-20-22(29-27(21)32)11-19(12-23(20)31)18-9-10-24(33-3)25(13-18)34-4/h5-10,13-14,19H,11-12H2,1-4H3,(H,29,32). The third kappa shape index (κ3) is 4.28. The Morgan fingerprint density at radius 1 is 0.914 bits per heavy atom. The molecule has 35 heavy (non-hydrogen) atoms. The summed E-state index contributed by atoms with van der Waals surface area (Å²) in [5.41, 5.74) is 5.48. The molecule has 1 aliphatic rings. The number of H-pyrrole nitrogens is 1. The van der Waals surface area contributed by atoms with Crippen LogP contribution in [0.15, 0.2) is 53.3 Å². The van der Waals surface area contributed by atoms with Crippen molar-refractivity contribution in [2.45, 2.75) is 32.6 Å². The number of hydrogen-bond donors (Lipinski definition) is 1. The first kappa shape index (κ1) is 23.1. The van der Waals surface area contributed by atoms with Crippen LogP contribution in [0.4, 0.5) is 0 Å². The first-order valence-electron chi connectivity index (χ1n) is 11.4. The normalized spacial score (nSPS) is 15.1. The molecule has 0 saturated heterocycles. The molecule has 1 unspecified atom stereocenters. The smallest absolute Gasteiger partial charge is 0.258 e. The van der Waals surface area contributed by atoms with Crippen molar-refractivity contribution in [3.63, 3.8) is 0 Å². The summed E-state index contributed by atoms with van der Waals surface area (Å²) in [6.45, 7) is 4.05. The van der Waals surface area contributed by atoms with Gasteiger partial charge in [-0.05, 0) is 49.9 Å². The zero-order valence-corrected chi connectivity index (χ0v) is 20.9. The number of pyridine rings is 1. The van der Waals surface area contributed by atoms with Gasteiger partial charge in [-0.3, -0.25) is 9.59 Å². The van der Waals surface area contributed by atoms with Crippen molar-refractivity contribution >= 4 is 17.1 Å². The number of ether oxygens (including phenoxy) is 2. The average molecular weight is 487 g/mol. The van der Waals surface area contributed by atoms with E-state index in [2.05, 4.69) is 4.98 Å². The van der Waals surface area contributed by atoms with Gasteiger partial charge in [0.05, 0.1) is 25.5 Å². The number of hydrogen-bond acceptors (Lipinski definition) is 6. The van der Waals surface area contributed by atoms with Crippen LogP contribution in [0.3, 0.4) is 0 Å². The summed E-state index contributed by atoms with van der Waals surface area (Å²) in [5.74, 6) is 1.22. The quantitative estimate of drug-likeness (QED) is 0.391. The number of Topliss-reactive ketones (excluding diaryl/α,β-unsaturated/α-hetero) is 1. The number of rotatable bonds is 5. The Morgan fingerprint density at radius 3 is 2.37 bits per heavy atom. The van der Waals surface area contributed by atoms with Gasteiger partial charge in [0, 0.05) is 28.1 Å². The zero-order chi connectivity index (χ0) is 24.7. The van der Waals surface area contributed by atoms with Crippen molar-refractivity contribution in [3.8, 4) is 33.3 Å². The zero-order valence-electron chi connectivity index (χ0n) is 20.1. The van der Waals surface area contributed by atoms with Gasteiger partial charge in [0.2, 0.25) is 0 Å². The molecule has 0 bridgehead atoms. The second-order valence-electron chi connectivity index (χ2n) is 8.84.